The lowest BCUT2D eigenvalue weighted by Gasteiger charge is -2.23. The third-order valence-electron chi connectivity index (χ3n) is 5.74. The summed E-state index contributed by atoms with van der Waals surface area (Å²) in [5.41, 5.74) is 5.74. The van der Waals surface area contributed by atoms with Crippen LogP contribution in [0.4, 0.5) is 0 Å². The first-order valence-corrected chi connectivity index (χ1v) is 10.2. The molecule has 150 valence electrons. The van der Waals surface area contributed by atoms with E-state index in [0.29, 0.717) is 37.0 Å². The summed E-state index contributed by atoms with van der Waals surface area (Å²) in [5.74, 6) is 1.70. The summed E-state index contributed by atoms with van der Waals surface area (Å²) in [5, 5.41) is 4.18. The highest BCUT2D eigenvalue weighted by molar-refractivity contribution is 5.79. The molecule has 1 atom stereocenters. The summed E-state index contributed by atoms with van der Waals surface area (Å²) >= 11 is 0. The van der Waals surface area contributed by atoms with Crippen LogP contribution in [0.1, 0.15) is 66.8 Å². The van der Waals surface area contributed by atoms with Crippen molar-refractivity contribution in [2.45, 2.75) is 59.0 Å². The maximum atomic E-state index is 12.6. The Labute approximate surface area is 171 Å². The van der Waals surface area contributed by atoms with Crippen molar-refractivity contribution in [3.8, 4) is 11.4 Å². The zero-order valence-electron chi connectivity index (χ0n) is 17.5. The van der Waals surface area contributed by atoms with E-state index >= 15 is 0 Å². The predicted molar refractivity (Wildman–Crippen MR) is 112 cm³/mol. The van der Waals surface area contributed by atoms with Crippen LogP contribution in [0.2, 0.25) is 0 Å². The molecule has 3 aromatic rings. The standard InChI is InChI=1S/C24H27N3O2/c1-15(2)18-7-9-19(10-8-18)23-25-24(29-26-23)21-11-12-22(28)27(21)14-20-13-16(3)5-6-17(20)4/h5-10,13,15,21H,11-12,14H2,1-4H3. The number of aryl methyl sites for hydroxylation is 2. The Hall–Kier alpha value is -2.95. The third kappa shape index (κ3) is 3.95. The Kier molecular flexibility index (Phi) is 5.22. The van der Waals surface area contributed by atoms with E-state index in [4.69, 9.17) is 4.52 Å². The molecule has 1 aliphatic rings. The van der Waals surface area contributed by atoms with Gasteiger partial charge in [-0.15, -0.1) is 0 Å². The monoisotopic (exact) mass is 389 g/mol. The fraction of sp³-hybridized carbons (Fsp3) is 0.375. The number of hydrogen-bond donors (Lipinski definition) is 0. The van der Waals surface area contributed by atoms with Crippen molar-refractivity contribution in [3.63, 3.8) is 0 Å². The van der Waals surface area contributed by atoms with Crippen LogP contribution in [0.25, 0.3) is 11.4 Å². The van der Waals surface area contributed by atoms with Crippen LogP contribution in [-0.2, 0) is 11.3 Å². The second-order valence-corrected chi connectivity index (χ2v) is 8.24. The second-order valence-electron chi connectivity index (χ2n) is 8.24. The number of carbonyl (C=O) groups is 1. The van der Waals surface area contributed by atoms with Crippen molar-refractivity contribution < 1.29 is 9.32 Å². The molecule has 0 spiro atoms. The number of aromatic nitrogens is 2. The summed E-state index contributed by atoms with van der Waals surface area (Å²) in [6.07, 6.45) is 1.22. The minimum atomic E-state index is -0.168. The maximum Gasteiger partial charge on any atom is 0.249 e. The Bertz CT molecular complexity index is 1020. The minimum absolute atomic E-state index is 0.136. The summed E-state index contributed by atoms with van der Waals surface area (Å²) in [7, 11) is 0. The molecule has 0 bridgehead atoms. The molecule has 1 unspecified atom stereocenters. The van der Waals surface area contributed by atoms with Gasteiger partial charge in [0.15, 0.2) is 0 Å². The number of hydrogen-bond acceptors (Lipinski definition) is 4. The number of nitrogens with zero attached hydrogens (tertiary/aromatic N) is 3. The molecule has 1 saturated heterocycles. The first-order chi connectivity index (χ1) is 13.9. The molecule has 2 aromatic carbocycles. The van der Waals surface area contributed by atoms with Gasteiger partial charge in [-0.2, -0.15) is 4.98 Å². The summed E-state index contributed by atoms with van der Waals surface area (Å²) in [6, 6.07) is 14.4. The normalized spacial score (nSPS) is 16.8. The molecule has 1 aromatic heterocycles. The molecule has 5 heteroatoms. The smallest absolute Gasteiger partial charge is 0.249 e. The first-order valence-electron chi connectivity index (χ1n) is 10.2. The average Bonchev–Trinajstić information content (AvgIpc) is 3.32. The Morgan fingerprint density at radius 1 is 1.14 bits per heavy atom. The van der Waals surface area contributed by atoms with Crippen molar-refractivity contribution in [2.24, 2.45) is 0 Å². The van der Waals surface area contributed by atoms with Gasteiger partial charge >= 0.3 is 0 Å². The molecule has 1 aliphatic heterocycles. The number of benzene rings is 2. The van der Waals surface area contributed by atoms with Gasteiger partial charge < -0.3 is 9.42 Å². The molecule has 0 aliphatic carbocycles. The van der Waals surface area contributed by atoms with Gasteiger partial charge in [0.1, 0.15) is 6.04 Å². The molecule has 1 fully saturated rings. The van der Waals surface area contributed by atoms with Gasteiger partial charge in [0, 0.05) is 18.5 Å². The van der Waals surface area contributed by atoms with E-state index in [0.717, 1.165) is 11.1 Å². The average molecular weight is 389 g/mol. The molecule has 29 heavy (non-hydrogen) atoms. The summed E-state index contributed by atoms with van der Waals surface area (Å²) < 4.78 is 5.60. The van der Waals surface area contributed by atoms with E-state index in [1.54, 1.807) is 0 Å². The van der Waals surface area contributed by atoms with E-state index in [9.17, 15) is 4.79 Å². The molecular formula is C24H27N3O2. The van der Waals surface area contributed by atoms with Crippen molar-refractivity contribution in [2.75, 3.05) is 0 Å². The quantitative estimate of drug-likeness (QED) is 0.591. The van der Waals surface area contributed by atoms with Gasteiger partial charge in [-0.1, -0.05) is 67.0 Å². The van der Waals surface area contributed by atoms with E-state index in [-0.39, 0.29) is 11.9 Å². The summed E-state index contributed by atoms with van der Waals surface area (Å²) in [6.45, 7) is 9.06. The van der Waals surface area contributed by atoms with Crippen molar-refractivity contribution in [3.05, 3.63) is 70.6 Å². The van der Waals surface area contributed by atoms with E-state index in [2.05, 4.69) is 68.2 Å². The molecule has 0 saturated carbocycles. The second kappa shape index (κ2) is 7.82. The van der Waals surface area contributed by atoms with Crippen LogP contribution in [0.3, 0.4) is 0 Å². The van der Waals surface area contributed by atoms with Gasteiger partial charge in [-0.05, 0) is 42.9 Å². The van der Waals surface area contributed by atoms with Crippen molar-refractivity contribution in [1.82, 2.24) is 15.0 Å². The zero-order valence-corrected chi connectivity index (χ0v) is 17.5. The van der Waals surface area contributed by atoms with E-state index in [1.807, 2.05) is 17.0 Å². The number of carbonyl (C=O) groups excluding carboxylic acids is 1. The number of amides is 1. The van der Waals surface area contributed by atoms with E-state index in [1.165, 1.54) is 16.7 Å². The third-order valence-corrected chi connectivity index (χ3v) is 5.74. The van der Waals surface area contributed by atoms with Gasteiger partial charge in [0.05, 0.1) is 0 Å². The molecule has 5 nitrogen and oxygen atoms in total. The largest absolute Gasteiger partial charge is 0.337 e. The topological polar surface area (TPSA) is 59.2 Å². The summed E-state index contributed by atoms with van der Waals surface area (Å²) in [4.78, 5) is 19.1. The van der Waals surface area contributed by atoms with Crippen LogP contribution in [-0.4, -0.2) is 20.9 Å². The number of likely N-dealkylation sites (tertiary alicyclic amines) is 1. The van der Waals surface area contributed by atoms with Crippen LogP contribution in [0.5, 0.6) is 0 Å². The highest BCUT2D eigenvalue weighted by Gasteiger charge is 2.36. The fourth-order valence-electron chi connectivity index (χ4n) is 3.85. The lowest BCUT2D eigenvalue weighted by atomic mass is 10.0. The molecule has 4 rings (SSSR count). The Morgan fingerprint density at radius 3 is 2.62 bits per heavy atom. The zero-order chi connectivity index (χ0) is 20.5. The van der Waals surface area contributed by atoms with Crippen LogP contribution in [0.15, 0.2) is 47.0 Å². The lowest BCUT2D eigenvalue weighted by Crippen LogP contribution is -2.27. The van der Waals surface area contributed by atoms with Gasteiger partial charge in [0.25, 0.3) is 0 Å². The first kappa shape index (κ1) is 19.4. The molecule has 0 N–H and O–H groups in total. The minimum Gasteiger partial charge on any atom is -0.337 e. The molecule has 2 heterocycles. The van der Waals surface area contributed by atoms with Gasteiger partial charge in [-0.25, -0.2) is 0 Å². The Morgan fingerprint density at radius 2 is 1.90 bits per heavy atom. The predicted octanol–water partition coefficient (Wildman–Crippen LogP) is 5.34. The van der Waals surface area contributed by atoms with Gasteiger partial charge in [0.2, 0.25) is 17.6 Å². The maximum absolute atomic E-state index is 12.6. The Balaban J connectivity index is 1.57. The fourth-order valence-corrected chi connectivity index (χ4v) is 3.85. The van der Waals surface area contributed by atoms with Crippen molar-refractivity contribution in [1.29, 1.82) is 0 Å². The van der Waals surface area contributed by atoms with Crippen LogP contribution >= 0.6 is 0 Å². The van der Waals surface area contributed by atoms with Gasteiger partial charge in [-0.3, -0.25) is 4.79 Å². The van der Waals surface area contributed by atoms with E-state index < -0.39 is 0 Å². The molecule has 0 radical (unpaired) electrons. The molecular weight excluding hydrogens is 362 g/mol. The van der Waals surface area contributed by atoms with Crippen LogP contribution in [0, 0.1) is 13.8 Å². The van der Waals surface area contributed by atoms with Crippen LogP contribution < -0.4 is 0 Å². The number of rotatable bonds is 5. The lowest BCUT2D eigenvalue weighted by molar-refractivity contribution is -0.130. The van der Waals surface area contributed by atoms with Crippen molar-refractivity contribution >= 4 is 5.91 Å². The molecule has 1 amide bonds. The highest BCUT2D eigenvalue weighted by atomic mass is 16.5. The highest BCUT2D eigenvalue weighted by Crippen LogP contribution is 2.34. The SMILES string of the molecule is Cc1ccc(C)c(CN2C(=O)CCC2c2nc(-c3ccc(C(C)C)cc3)no2)c1.